The number of amidine groups is 1. The van der Waals surface area contributed by atoms with Gasteiger partial charge in [0, 0.05) is 10.3 Å². The van der Waals surface area contributed by atoms with Crippen molar-refractivity contribution in [3.8, 4) is 0 Å². The van der Waals surface area contributed by atoms with Crippen molar-refractivity contribution in [3.05, 3.63) is 22.4 Å². The summed E-state index contributed by atoms with van der Waals surface area (Å²) in [6, 6.07) is 4.41. The number of thiophene rings is 1. The number of nitrogens with two attached hydrogens (primary N) is 1. The van der Waals surface area contributed by atoms with Crippen molar-refractivity contribution in [2.75, 3.05) is 0 Å². The highest BCUT2D eigenvalue weighted by molar-refractivity contribution is 7.10. The van der Waals surface area contributed by atoms with Crippen LogP contribution in [0, 0.1) is 5.41 Å². The molecule has 1 rings (SSSR count). The molecule has 2 nitrogen and oxygen atoms in total. The van der Waals surface area contributed by atoms with Crippen LogP contribution in [0.5, 0.6) is 0 Å². The van der Waals surface area contributed by atoms with Gasteiger partial charge in [-0.25, -0.2) is 0 Å². The van der Waals surface area contributed by atoms with Gasteiger partial charge in [0.1, 0.15) is 0 Å². The lowest BCUT2D eigenvalue weighted by Crippen LogP contribution is -2.29. The molecule has 0 spiro atoms. The molecule has 1 aromatic rings. The fraction of sp³-hybridized carbons (Fsp3) is 0.583. The molecule has 0 bridgehead atoms. The second-order valence-corrected chi connectivity index (χ2v) is 5.68. The lowest BCUT2D eigenvalue weighted by Gasteiger charge is -2.20. The summed E-state index contributed by atoms with van der Waals surface area (Å²) < 4.78 is 0. The van der Waals surface area contributed by atoms with E-state index in [1.807, 2.05) is 0 Å². The Balaban J connectivity index is 2.87. The molecule has 3 heteroatoms. The van der Waals surface area contributed by atoms with Crippen molar-refractivity contribution < 1.29 is 0 Å². The van der Waals surface area contributed by atoms with Gasteiger partial charge in [0.25, 0.3) is 0 Å². The van der Waals surface area contributed by atoms with E-state index in [4.69, 9.17) is 5.73 Å². The molecule has 0 aromatic carbocycles. The smallest absolute Gasteiger partial charge is 0.0999 e. The molecule has 1 unspecified atom stereocenters. The minimum Gasteiger partial charge on any atom is -0.387 e. The van der Waals surface area contributed by atoms with Gasteiger partial charge in [-0.15, -0.1) is 11.3 Å². The van der Waals surface area contributed by atoms with Gasteiger partial charge in [0.15, 0.2) is 0 Å². The zero-order chi connectivity index (χ0) is 11.5. The first-order valence-electron chi connectivity index (χ1n) is 5.32. The van der Waals surface area contributed by atoms with E-state index in [1.165, 1.54) is 4.88 Å². The second kappa shape index (κ2) is 4.79. The van der Waals surface area contributed by atoms with E-state index in [0.29, 0.717) is 0 Å². The molecular formula is C12H20N2S. The monoisotopic (exact) mass is 224 g/mol. The van der Waals surface area contributed by atoms with Crippen LogP contribution in [0.1, 0.15) is 45.0 Å². The van der Waals surface area contributed by atoms with Gasteiger partial charge in [0.2, 0.25) is 0 Å². The maximum absolute atomic E-state index is 5.99. The van der Waals surface area contributed by atoms with E-state index in [9.17, 15) is 0 Å². The fourth-order valence-corrected chi connectivity index (χ4v) is 2.05. The van der Waals surface area contributed by atoms with Gasteiger partial charge in [-0.3, -0.25) is 4.99 Å². The molecule has 1 atom stereocenters. The largest absolute Gasteiger partial charge is 0.387 e. The van der Waals surface area contributed by atoms with Crippen LogP contribution in [0.4, 0.5) is 0 Å². The van der Waals surface area contributed by atoms with Gasteiger partial charge in [-0.2, -0.15) is 0 Å². The standard InChI is InChI=1S/C12H20N2S/c1-5-9(10-7-6-8-15-10)14-11(13)12(2,3)4/h6-9H,5H2,1-4H3,(H2,13,14). The topological polar surface area (TPSA) is 38.4 Å². The summed E-state index contributed by atoms with van der Waals surface area (Å²) in [5.74, 6) is 0.739. The Morgan fingerprint density at radius 3 is 2.60 bits per heavy atom. The highest BCUT2D eigenvalue weighted by atomic mass is 32.1. The van der Waals surface area contributed by atoms with Crippen LogP contribution in [0.3, 0.4) is 0 Å². The first-order chi connectivity index (χ1) is 6.95. The van der Waals surface area contributed by atoms with E-state index in [-0.39, 0.29) is 11.5 Å². The van der Waals surface area contributed by atoms with Gasteiger partial charge >= 0.3 is 0 Å². The van der Waals surface area contributed by atoms with Gasteiger partial charge in [0.05, 0.1) is 11.9 Å². The summed E-state index contributed by atoms with van der Waals surface area (Å²) in [7, 11) is 0. The Kier molecular flexibility index (Phi) is 3.91. The maximum Gasteiger partial charge on any atom is 0.0999 e. The van der Waals surface area contributed by atoms with Gasteiger partial charge in [-0.1, -0.05) is 33.8 Å². The van der Waals surface area contributed by atoms with Crippen LogP contribution in [0.15, 0.2) is 22.5 Å². The quantitative estimate of drug-likeness (QED) is 0.618. The zero-order valence-corrected chi connectivity index (χ0v) is 10.8. The van der Waals surface area contributed by atoms with Crippen molar-refractivity contribution in [1.82, 2.24) is 0 Å². The molecule has 0 radical (unpaired) electrons. The first-order valence-corrected chi connectivity index (χ1v) is 6.20. The Hall–Kier alpha value is -0.830. The minimum atomic E-state index is -0.0370. The molecular weight excluding hydrogens is 204 g/mol. The van der Waals surface area contributed by atoms with E-state index < -0.39 is 0 Å². The number of hydrogen-bond donors (Lipinski definition) is 1. The summed E-state index contributed by atoms with van der Waals surface area (Å²) in [5, 5.41) is 2.08. The summed E-state index contributed by atoms with van der Waals surface area (Å²) in [4.78, 5) is 5.91. The number of rotatable bonds is 3. The van der Waals surface area contributed by atoms with Crippen LogP contribution < -0.4 is 5.73 Å². The van der Waals surface area contributed by atoms with E-state index in [1.54, 1.807) is 11.3 Å². The van der Waals surface area contributed by atoms with Crippen LogP contribution in [-0.2, 0) is 0 Å². The average molecular weight is 224 g/mol. The van der Waals surface area contributed by atoms with Crippen LogP contribution in [-0.4, -0.2) is 5.84 Å². The van der Waals surface area contributed by atoms with Crippen molar-refractivity contribution in [3.63, 3.8) is 0 Å². The molecule has 84 valence electrons. The third-order valence-electron chi connectivity index (χ3n) is 2.32. The third-order valence-corrected chi connectivity index (χ3v) is 3.30. The third kappa shape index (κ3) is 3.34. The predicted octanol–water partition coefficient (Wildman–Crippen LogP) is 3.60. The molecule has 15 heavy (non-hydrogen) atoms. The maximum atomic E-state index is 5.99. The Labute approximate surface area is 96.2 Å². The minimum absolute atomic E-state index is 0.0370. The number of aliphatic imine (C=N–C) groups is 1. The molecule has 1 heterocycles. The SMILES string of the molecule is CCC(N=C(N)C(C)(C)C)c1cccs1. The zero-order valence-electron chi connectivity index (χ0n) is 9.95. The van der Waals surface area contributed by atoms with E-state index in [0.717, 1.165) is 12.3 Å². The highest BCUT2D eigenvalue weighted by Crippen LogP contribution is 2.27. The average Bonchev–Trinajstić information content (AvgIpc) is 2.64. The molecule has 0 aliphatic carbocycles. The van der Waals surface area contributed by atoms with Crippen molar-refractivity contribution >= 4 is 17.2 Å². The predicted molar refractivity (Wildman–Crippen MR) is 68.4 cm³/mol. The Morgan fingerprint density at radius 1 is 1.53 bits per heavy atom. The molecule has 1 aromatic heterocycles. The number of hydrogen-bond acceptors (Lipinski definition) is 2. The van der Waals surface area contributed by atoms with E-state index in [2.05, 4.69) is 50.2 Å². The van der Waals surface area contributed by atoms with Gasteiger partial charge in [-0.05, 0) is 17.9 Å². The second-order valence-electron chi connectivity index (χ2n) is 4.70. The Bertz CT molecular complexity index is 320. The summed E-state index contributed by atoms with van der Waals surface area (Å²) in [6.45, 7) is 8.41. The summed E-state index contributed by atoms with van der Waals surface area (Å²) in [6.07, 6.45) is 0.997. The molecule has 0 saturated carbocycles. The molecule has 0 fully saturated rings. The van der Waals surface area contributed by atoms with Gasteiger partial charge < -0.3 is 5.73 Å². The summed E-state index contributed by atoms with van der Waals surface area (Å²) >= 11 is 1.75. The molecule has 2 N–H and O–H groups in total. The van der Waals surface area contributed by atoms with Crippen molar-refractivity contribution in [2.24, 2.45) is 16.1 Å². The van der Waals surface area contributed by atoms with Crippen LogP contribution in [0.25, 0.3) is 0 Å². The lowest BCUT2D eigenvalue weighted by atomic mass is 9.95. The first kappa shape index (κ1) is 12.2. The van der Waals surface area contributed by atoms with Crippen molar-refractivity contribution in [2.45, 2.75) is 40.2 Å². The summed E-state index contributed by atoms with van der Waals surface area (Å²) in [5.41, 5.74) is 5.95. The van der Waals surface area contributed by atoms with Crippen molar-refractivity contribution in [1.29, 1.82) is 0 Å². The van der Waals surface area contributed by atoms with Crippen LogP contribution >= 0.6 is 11.3 Å². The molecule has 0 amide bonds. The lowest BCUT2D eigenvalue weighted by molar-refractivity contribution is 0.570. The molecule has 0 saturated heterocycles. The normalized spacial score (nSPS) is 15.3. The van der Waals surface area contributed by atoms with Crippen LogP contribution in [0.2, 0.25) is 0 Å². The number of nitrogens with zero attached hydrogens (tertiary/aromatic N) is 1. The molecule has 0 aliphatic rings. The highest BCUT2D eigenvalue weighted by Gasteiger charge is 2.18. The molecule has 0 aliphatic heterocycles. The van der Waals surface area contributed by atoms with E-state index >= 15 is 0 Å². The Morgan fingerprint density at radius 2 is 2.20 bits per heavy atom. The fourth-order valence-electron chi connectivity index (χ4n) is 1.20.